The van der Waals surface area contributed by atoms with Crippen molar-refractivity contribution in [1.29, 1.82) is 0 Å². The van der Waals surface area contributed by atoms with Crippen molar-refractivity contribution in [3.63, 3.8) is 0 Å². The summed E-state index contributed by atoms with van der Waals surface area (Å²) in [7, 11) is 0. The summed E-state index contributed by atoms with van der Waals surface area (Å²) in [4.78, 5) is 10.2. The van der Waals surface area contributed by atoms with E-state index in [4.69, 9.17) is 5.73 Å². The van der Waals surface area contributed by atoms with E-state index in [1.54, 1.807) is 0 Å². The van der Waals surface area contributed by atoms with Crippen molar-refractivity contribution in [3.8, 4) is 0 Å². The van der Waals surface area contributed by atoms with Gasteiger partial charge in [0.1, 0.15) is 0 Å². The van der Waals surface area contributed by atoms with E-state index in [0.29, 0.717) is 0 Å². The van der Waals surface area contributed by atoms with Crippen LogP contribution in [0.15, 0.2) is 24.3 Å². The number of aliphatic carboxylic acids is 1. The third kappa shape index (κ3) is 56.6. The Morgan fingerprint density at radius 3 is 1.07 bits per heavy atom. The monoisotopic (exact) mass is 914 g/mol. The van der Waals surface area contributed by atoms with E-state index in [0.717, 1.165) is 25.8 Å². The second-order valence-corrected chi connectivity index (χ2v) is 28.4. The zero-order valence-electron chi connectivity index (χ0n) is 28.0. The zero-order valence-corrected chi connectivity index (χ0v) is 35.0. The van der Waals surface area contributed by atoms with Gasteiger partial charge in [0.2, 0.25) is 0 Å². The van der Waals surface area contributed by atoms with Crippen LogP contribution in [0.2, 0.25) is 0 Å². The molecule has 3 nitrogen and oxygen atoms in total. The molecular formula is C36H70Br2NO2Pb. The molecule has 0 amide bonds. The molecule has 0 aromatic carbocycles. The summed E-state index contributed by atoms with van der Waals surface area (Å²) in [6.45, 7) is 5.40. The molecule has 0 spiro atoms. The summed E-state index contributed by atoms with van der Waals surface area (Å²) in [5.41, 5.74) is 5.47. The molecule has 249 valence electrons. The number of hydrogen-bond donors (Lipinski definition) is 1. The summed E-state index contributed by atoms with van der Waals surface area (Å²) in [6, 6.07) is 0. The van der Waals surface area contributed by atoms with Crippen LogP contribution in [0.1, 0.15) is 194 Å². The van der Waals surface area contributed by atoms with Crippen molar-refractivity contribution in [3.05, 3.63) is 24.3 Å². The molecule has 0 bridgehead atoms. The summed E-state index contributed by atoms with van der Waals surface area (Å²) in [5.74, 6) is -0.914. The van der Waals surface area contributed by atoms with Crippen molar-refractivity contribution >= 4 is 49.4 Å². The van der Waals surface area contributed by atoms with Crippen LogP contribution in [-0.4, -0.2) is 31.9 Å². The Labute approximate surface area is 287 Å². The number of allylic oxidation sites excluding steroid dienone is 4. The summed E-state index contributed by atoms with van der Waals surface area (Å²) >= 11 is 6.22. The fourth-order valence-corrected chi connectivity index (χ4v) is 4.73. The van der Waals surface area contributed by atoms with Gasteiger partial charge in [0.25, 0.3) is 0 Å². The Hall–Kier alpha value is 0.792. The van der Waals surface area contributed by atoms with E-state index < -0.39 is 5.97 Å². The molecule has 6 heteroatoms. The molecule has 0 aliphatic carbocycles. The quantitative estimate of drug-likeness (QED) is 0.0443. The molecule has 0 heterocycles. The molecule has 0 atom stereocenters. The van der Waals surface area contributed by atoms with Gasteiger partial charge in [0, 0.05) is 5.97 Å². The van der Waals surface area contributed by atoms with E-state index in [1.165, 1.54) is 154 Å². The summed E-state index contributed by atoms with van der Waals surface area (Å²) in [5, 5.41) is 10.2. The van der Waals surface area contributed by atoms with Crippen LogP contribution in [0, 0.1) is 0 Å². The predicted octanol–water partition coefficient (Wildman–Crippen LogP) is 12.1. The van der Waals surface area contributed by atoms with Crippen LogP contribution in [0.25, 0.3) is 0 Å². The minimum absolute atomic E-state index is 0.220. The molecule has 42 heavy (non-hydrogen) atoms. The van der Waals surface area contributed by atoms with Crippen molar-refractivity contribution in [2.75, 3.05) is 6.54 Å². The number of carbonyl (C=O) groups is 1. The van der Waals surface area contributed by atoms with Crippen LogP contribution in [0.5, 0.6) is 0 Å². The number of nitrogens with two attached hydrogens (primary N) is 1. The van der Waals surface area contributed by atoms with Gasteiger partial charge in [-0.1, -0.05) is 147 Å². The van der Waals surface area contributed by atoms with Gasteiger partial charge >= 0.3 is 43.4 Å². The first-order valence-electron chi connectivity index (χ1n) is 17.8. The first kappa shape index (κ1) is 47.2. The number of rotatable bonds is 30. The molecule has 0 saturated heterocycles. The molecule has 0 unspecified atom stereocenters. The van der Waals surface area contributed by atoms with Gasteiger partial charge in [0.15, 0.2) is 0 Å². The summed E-state index contributed by atoms with van der Waals surface area (Å²) in [6.07, 6.45) is 44.8. The van der Waals surface area contributed by atoms with E-state index >= 15 is 0 Å². The fourth-order valence-electron chi connectivity index (χ4n) is 4.73. The molecule has 0 aromatic heterocycles. The Morgan fingerprint density at radius 1 is 0.524 bits per heavy atom. The second kappa shape index (κ2) is 48.7. The van der Waals surface area contributed by atoms with Crippen molar-refractivity contribution in [1.82, 2.24) is 0 Å². The van der Waals surface area contributed by atoms with Gasteiger partial charge in [0.05, 0.1) is 0 Å². The first-order chi connectivity index (χ1) is 20.6. The normalized spacial score (nSPS) is 10.9. The first-order valence-corrected chi connectivity index (χ1v) is 34.6. The van der Waals surface area contributed by atoms with E-state index in [-0.39, 0.29) is 25.8 Å². The minimum atomic E-state index is -0.914. The van der Waals surface area contributed by atoms with Gasteiger partial charge in [-0.25, -0.2) is 0 Å². The zero-order chi connectivity index (χ0) is 31.6. The molecule has 0 rings (SSSR count). The van der Waals surface area contributed by atoms with Crippen LogP contribution in [0.4, 0.5) is 0 Å². The number of unbranched alkanes of at least 4 members (excludes halogenated alkanes) is 23. The van der Waals surface area contributed by atoms with Gasteiger partial charge in [-0.2, -0.15) is 0 Å². The fraction of sp³-hybridized carbons (Fsp3) is 0.861. The third-order valence-corrected chi connectivity index (χ3v) is 7.36. The Kier molecular flexibility index (Phi) is 54.7. The number of carboxylic acid groups (broad SMARTS) is 1. The topological polar surface area (TPSA) is 66.1 Å². The Bertz CT molecular complexity index is 533. The van der Waals surface area contributed by atoms with Crippen LogP contribution in [0.3, 0.4) is 0 Å². The molecule has 0 saturated carbocycles. The molecule has 0 aliphatic rings. The Morgan fingerprint density at radius 2 is 0.786 bits per heavy atom. The number of hydrogen-bond acceptors (Lipinski definition) is 3. The molecular weight excluding hydrogens is 845 g/mol. The van der Waals surface area contributed by atoms with Gasteiger partial charge in [-0.3, -0.25) is 0 Å². The maximum absolute atomic E-state index is 10.2. The van der Waals surface area contributed by atoms with Crippen LogP contribution in [-0.2, 0) is 4.79 Å². The molecule has 1 radical (unpaired) electrons. The second-order valence-electron chi connectivity index (χ2n) is 11.5. The number of carboxylic acids is 1. The summed E-state index contributed by atoms with van der Waals surface area (Å²) < 4.78 is 0. The molecule has 0 aliphatic heterocycles. The SMILES string of the molecule is CCCCCCCC/C=C\CCCCCCCC(=O)[O-].CCCCCCCC/C=C\CCCCCCCCN.[Br][Pb+][Br]. The predicted molar refractivity (Wildman–Crippen MR) is 197 cm³/mol. The average molecular weight is 916 g/mol. The Balaban J connectivity index is -0.000000662. The van der Waals surface area contributed by atoms with Gasteiger partial charge < -0.3 is 15.6 Å². The van der Waals surface area contributed by atoms with Crippen molar-refractivity contribution < 1.29 is 9.90 Å². The standard InChI is InChI=1S/C18H37N.C18H34O2.2BrH.Pb/c1-2-3-4-5-6-7-8-9-10-11-12-13-14-15-16-17-18-19;1-2-3-4-5-6-7-8-9-10-11-12-13-14-15-16-17-18(19)20;;;/h9-10H,2-8,11-19H2,1H3;9-10H,2-8,11-17H2,1H3,(H,19,20);2*1H;/q;;;;+3/p-3/b2*10-9-;;;. The molecule has 2 N–H and O–H groups in total. The van der Waals surface area contributed by atoms with Gasteiger partial charge in [-0.05, 0) is 77.2 Å². The van der Waals surface area contributed by atoms with Crippen LogP contribution < -0.4 is 10.8 Å². The average Bonchev–Trinajstić information content (AvgIpc) is 2.98. The van der Waals surface area contributed by atoms with E-state index in [1.807, 2.05) is 0 Å². The van der Waals surface area contributed by atoms with Crippen molar-refractivity contribution in [2.45, 2.75) is 194 Å². The third-order valence-electron chi connectivity index (χ3n) is 7.36. The molecule has 0 aromatic rings. The van der Waals surface area contributed by atoms with E-state index in [9.17, 15) is 9.90 Å². The van der Waals surface area contributed by atoms with E-state index in [2.05, 4.69) is 62.1 Å². The maximum atomic E-state index is 10.2. The molecule has 0 fully saturated rings. The number of carbonyl (C=O) groups excluding carboxylic acids is 1. The van der Waals surface area contributed by atoms with Gasteiger partial charge in [-0.15, -0.1) is 0 Å². The number of halogens is 2. The van der Waals surface area contributed by atoms with Crippen molar-refractivity contribution in [2.24, 2.45) is 5.73 Å². The van der Waals surface area contributed by atoms with Crippen LogP contribution >= 0.6 is 24.0 Å².